The highest BCUT2D eigenvalue weighted by atomic mass is 16.5. The molecule has 2 rings (SSSR count). The fourth-order valence-electron chi connectivity index (χ4n) is 2.62. The Balaban J connectivity index is 1.97. The van der Waals surface area contributed by atoms with Gasteiger partial charge in [0.05, 0.1) is 5.69 Å². The minimum absolute atomic E-state index is 0.0706. The second-order valence-corrected chi connectivity index (χ2v) is 7.18. The molecule has 1 aromatic heterocycles. The Morgan fingerprint density at radius 1 is 1.42 bits per heavy atom. The average molecular weight is 336 g/mol. The maximum absolute atomic E-state index is 12.5. The van der Waals surface area contributed by atoms with Gasteiger partial charge in [0, 0.05) is 31.1 Å². The summed E-state index contributed by atoms with van der Waals surface area (Å²) in [6, 6.07) is 1.23. The van der Waals surface area contributed by atoms with E-state index in [0.717, 1.165) is 12.1 Å². The van der Waals surface area contributed by atoms with Crippen molar-refractivity contribution in [3.05, 3.63) is 11.8 Å². The van der Waals surface area contributed by atoms with Crippen LogP contribution in [0.1, 0.15) is 53.2 Å². The first-order chi connectivity index (χ1) is 11.3. The van der Waals surface area contributed by atoms with Crippen LogP contribution in [-0.2, 0) is 10.2 Å². The summed E-state index contributed by atoms with van der Waals surface area (Å²) in [5, 5.41) is 6.71. The van der Waals surface area contributed by atoms with Crippen LogP contribution in [0.5, 0.6) is 0 Å². The van der Waals surface area contributed by atoms with Crippen molar-refractivity contribution in [3.63, 3.8) is 0 Å². The third kappa shape index (κ3) is 3.88. The van der Waals surface area contributed by atoms with Gasteiger partial charge < -0.3 is 14.3 Å². The van der Waals surface area contributed by atoms with Gasteiger partial charge >= 0.3 is 6.03 Å². The summed E-state index contributed by atoms with van der Waals surface area (Å²) in [5.41, 5.74) is 0.631. The summed E-state index contributed by atoms with van der Waals surface area (Å²) >= 11 is 0. The molecular weight excluding hydrogens is 308 g/mol. The van der Waals surface area contributed by atoms with Crippen LogP contribution in [0, 0.1) is 0 Å². The third-order valence-electron chi connectivity index (χ3n) is 4.24. The fraction of sp³-hybridized carbons (Fsp3) is 0.706. The molecule has 0 radical (unpaired) electrons. The summed E-state index contributed by atoms with van der Waals surface area (Å²) in [6.07, 6.45) is 1.57. The molecule has 1 aliphatic rings. The number of hydrogen-bond donors (Lipinski definition) is 1. The Bertz CT molecular complexity index is 591. The van der Waals surface area contributed by atoms with E-state index in [0.29, 0.717) is 31.9 Å². The summed E-state index contributed by atoms with van der Waals surface area (Å²) in [4.78, 5) is 28.3. The number of anilines is 1. The Morgan fingerprint density at radius 2 is 2.12 bits per heavy atom. The minimum Gasteiger partial charge on any atom is -0.338 e. The molecule has 0 saturated carbocycles. The van der Waals surface area contributed by atoms with E-state index in [1.165, 1.54) is 0 Å². The van der Waals surface area contributed by atoms with E-state index in [9.17, 15) is 9.59 Å². The molecular formula is C17H28N4O3. The lowest BCUT2D eigenvalue weighted by Gasteiger charge is -2.42. The average Bonchev–Trinajstić information content (AvgIpc) is 2.91. The Labute approximate surface area is 143 Å². The molecule has 0 bridgehead atoms. The molecule has 0 spiro atoms. The molecule has 1 unspecified atom stereocenters. The first kappa shape index (κ1) is 18.3. The van der Waals surface area contributed by atoms with E-state index in [2.05, 4.69) is 10.5 Å². The van der Waals surface area contributed by atoms with Crippen molar-refractivity contribution in [1.29, 1.82) is 0 Å². The van der Waals surface area contributed by atoms with E-state index in [-0.39, 0.29) is 17.4 Å². The lowest BCUT2D eigenvalue weighted by Crippen LogP contribution is -2.60. The minimum atomic E-state index is -0.438. The number of likely N-dealkylation sites (tertiary alicyclic amines) is 1. The lowest BCUT2D eigenvalue weighted by atomic mass is 9.92. The Kier molecular flexibility index (Phi) is 5.51. The molecule has 1 aliphatic heterocycles. The highest BCUT2D eigenvalue weighted by molar-refractivity contribution is 5.97. The van der Waals surface area contributed by atoms with Crippen LogP contribution in [0.3, 0.4) is 0 Å². The number of amides is 3. The van der Waals surface area contributed by atoms with Crippen LogP contribution < -0.4 is 5.32 Å². The largest absolute Gasteiger partial charge is 0.338 e. The standard InChI is InChI=1S/C17H28N4O3/c1-6-9-20(7-2)16(23)21-10-8-12(21)15(22)18-14-11-13(19-24-14)17(3,4)5/h11-12H,6-10H2,1-5H3,(H,18,22). The van der Waals surface area contributed by atoms with Gasteiger partial charge in [-0.3, -0.25) is 10.1 Å². The van der Waals surface area contributed by atoms with Gasteiger partial charge in [-0.05, 0) is 19.8 Å². The first-order valence-electron chi connectivity index (χ1n) is 8.61. The monoisotopic (exact) mass is 336 g/mol. The summed E-state index contributed by atoms with van der Waals surface area (Å²) in [7, 11) is 0. The molecule has 1 N–H and O–H groups in total. The summed E-state index contributed by atoms with van der Waals surface area (Å²) < 4.78 is 5.19. The topological polar surface area (TPSA) is 78.7 Å². The van der Waals surface area contributed by atoms with Gasteiger partial charge in [0.25, 0.3) is 0 Å². The predicted octanol–water partition coefficient (Wildman–Crippen LogP) is 2.84. The lowest BCUT2D eigenvalue weighted by molar-refractivity contribution is -0.124. The molecule has 134 valence electrons. The zero-order valence-corrected chi connectivity index (χ0v) is 15.3. The summed E-state index contributed by atoms with van der Waals surface area (Å²) in [6.45, 7) is 12.0. The van der Waals surface area contributed by atoms with Gasteiger partial charge in [-0.1, -0.05) is 32.9 Å². The van der Waals surface area contributed by atoms with Gasteiger partial charge in [-0.25, -0.2) is 4.79 Å². The number of rotatable bonds is 5. The first-order valence-corrected chi connectivity index (χ1v) is 8.61. The van der Waals surface area contributed by atoms with Gasteiger partial charge in [-0.2, -0.15) is 0 Å². The zero-order valence-electron chi connectivity index (χ0n) is 15.3. The van der Waals surface area contributed by atoms with Gasteiger partial charge in [-0.15, -0.1) is 0 Å². The van der Waals surface area contributed by atoms with E-state index in [1.807, 2.05) is 34.6 Å². The van der Waals surface area contributed by atoms with Crippen LogP contribution in [-0.4, -0.2) is 52.6 Å². The number of hydrogen-bond acceptors (Lipinski definition) is 4. The van der Waals surface area contributed by atoms with E-state index >= 15 is 0 Å². The van der Waals surface area contributed by atoms with E-state index < -0.39 is 6.04 Å². The number of carbonyl (C=O) groups is 2. The van der Waals surface area contributed by atoms with Crippen LogP contribution in [0.2, 0.25) is 0 Å². The number of carbonyl (C=O) groups excluding carboxylic acids is 2. The molecule has 0 aliphatic carbocycles. The highest BCUT2D eigenvalue weighted by Gasteiger charge is 2.39. The highest BCUT2D eigenvalue weighted by Crippen LogP contribution is 2.25. The molecule has 24 heavy (non-hydrogen) atoms. The second-order valence-electron chi connectivity index (χ2n) is 7.18. The van der Waals surface area contributed by atoms with Gasteiger partial charge in [0.1, 0.15) is 6.04 Å². The van der Waals surface area contributed by atoms with Crippen LogP contribution >= 0.6 is 0 Å². The van der Waals surface area contributed by atoms with Crippen molar-refractivity contribution >= 4 is 17.8 Å². The van der Waals surface area contributed by atoms with Crippen molar-refractivity contribution in [2.45, 2.75) is 58.9 Å². The van der Waals surface area contributed by atoms with Crippen molar-refractivity contribution in [3.8, 4) is 0 Å². The zero-order chi connectivity index (χ0) is 17.9. The van der Waals surface area contributed by atoms with Crippen molar-refractivity contribution < 1.29 is 14.1 Å². The fourth-order valence-corrected chi connectivity index (χ4v) is 2.62. The van der Waals surface area contributed by atoms with Crippen LogP contribution in [0.25, 0.3) is 0 Å². The molecule has 7 heteroatoms. The Morgan fingerprint density at radius 3 is 2.58 bits per heavy atom. The number of nitrogens with one attached hydrogen (secondary N) is 1. The molecule has 0 aromatic carbocycles. The molecule has 7 nitrogen and oxygen atoms in total. The molecule has 1 atom stereocenters. The van der Waals surface area contributed by atoms with Gasteiger partial charge in [0.2, 0.25) is 11.8 Å². The Hall–Kier alpha value is -2.05. The van der Waals surface area contributed by atoms with Crippen molar-refractivity contribution in [2.75, 3.05) is 25.0 Å². The smallest absolute Gasteiger partial charge is 0.320 e. The normalized spacial score (nSPS) is 17.4. The maximum atomic E-state index is 12.5. The number of urea groups is 1. The van der Waals surface area contributed by atoms with Crippen molar-refractivity contribution in [2.24, 2.45) is 0 Å². The second kappa shape index (κ2) is 7.23. The van der Waals surface area contributed by atoms with E-state index in [4.69, 9.17) is 4.52 Å². The quantitative estimate of drug-likeness (QED) is 0.897. The molecule has 1 aromatic rings. The predicted molar refractivity (Wildman–Crippen MR) is 91.9 cm³/mol. The van der Waals surface area contributed by atoms with Crippen molar-refractivity contribution in [1.82, 2.24) is 15.0 Å². The van der Waals surface area contributed by atoms with Gasteiger partial charge in [0.15, 0.2) is 0 Å². The number of nitrogens with zero attached hydrogens (tertiary/aromatic N) is 3. The molecule has 1 fully saturated rings. The maximum Gasteiger partial charge on any atom is 0.320 e. The number of aromatic nitrogens is 1. The molecule has 2 heterocycles. The SMILES string of the molecule is CCCN(CC)C(=O)N1CCC1C(=O)Nc1cc(C(C)(C)C)no1. The molecule has 3 amide bonds. The van der Waals surface area contributed by atoms with E-state index in [1.54, 1.807) is 15.9 Å². The summed E-state index contributed by atoms with van der Waals surface area (Å²) in [5.74, 6) is 0.101. The third-order valence-corrected chi connectivity index (χ3v) is 4.24. The van der Waals surface area contributed by atoms with Crippen LogP contribution in [0.15, 0.2) is 10.6 Å². The van der Waals surface area contributed by atoms with Crippen LogP contribution in [0.4, 0.5) is 10.7 Å². The molecule has 1 saturated heterocycles.